The van der Waals surface area contributed by atoms with Crippen molar-refractivity contribution in [3.8, 4) is 5.75 Å². The van der Waals surface area contributed by atoms with Crippen molar-refractivity contribution in [1.82, 2.24) is 25.4 Å². The van der Waals surface area contributed by atoms with E-state index >= 15 is 0 Å². The van der Waals surface area contributed by atoms with Gasteiger partial charge in [0.05, 0.1) is 12.6 Å². The molecule has 0 radical (unpaired) electrons. The lowest BCUT2D eigenvalue weighted by atomic mass is 9.82. The Hall–Kier alpha value is -4.21. The number of ether oxygens (including phenoxy) is 2. The number of phenols is 1. The highest BCUT2D eigenvalue weighted by Gasteiger charge is 2.39. The molecule has 334 valence electrons. The maximum atomic E-state index is 14.9. The first-order valence-corrected chi connectivity index (χ1v) is 22.4. The van der Waals surface area contributed by atoms with Crippen molar-refractivity contribution < 1.29 is 43.3 Å². The van der Waals surface area contributed by atoms with Crippen LogP contribution in [0.25, 0.3) is 0 Å². The van der Waals surface area contributed by atoms with Crippen molar-refractivity contribution in [2.75, 3.05) is 33.9 Å². The van der Waals surface area contributed by atoms with Crippen LogP contribution in [-0.2, 0) is 39.9 Å². The predicted octanol–water partition coefficient (Wildman–Crippen LogP) is 6.26. The van der Waals surface area contributed by atoms with Crippen molar-refractivity contribution >= 4 is 46.7 Å². The molecule has 1 saturated heterocycles. The zero-order valence-corrected chi connectivity index (χ0v) is 38.0. The van der Waals surface area contributed by atoms with Crippen LogP contribution in [0, 0.1) is 23.7 Å². The molecule has 2 amide bonds. The largest absolute Gasteiger partial charge is 0.508 e. The van der Waals surface area contributed by atoms with Gasteiger partial charge in [-0.15, -0.1) is 11.3 Å². The second kappa shape index (κ2) is 24.9. The standard InChI is InChI=1S/C45H69N5O9S/c1-10-14-42(55)58-27-50(45(57)35(29(5)11-2)23-39(53)37-15-12-13-20-49(37)9)38(28(3)4)24-41(59-31(7)51)44-48-36(26-60-44)43(56)47-33(21-30(6)40(54)25-46-8)22-32-16-18-34(52)19-17-32/h16-19,26,28-30,33,35,37-38,41,46,52H,10-15,20-25,27H2,1-9H3,(H,47,56)/t29?,30-,33+,35-,37+,38+,41+/m0/s1. The van der Waals surface area contributed by atoms with Gasteiger partial charge in [-0.3, -0.25) is 33.7 Å². The van der Waals surface area contributed by atoms with E-state index in [4.69, 9.17) is 9.47 Å². The first kappa shape index (κ1) is 50.1. The van der Waals surface area contributed by atoms with Crippen molar-refractivity contribution in [3.05, 3.63) is 45.9 Å². The summed E-state index contributed by atoms with van der Waals surface area (Å²) in [6, 6.07) is 5.34. The van der Waals surface area contributed by atoms with Gasteiger partial charge in [0.15, 0.2) is 18.6 Å². The number of Topliss-reactive ketones (excluding diaryl/α,β-unsaturated/α-hetero) is 2. The van der Waals surface area contributed by atoms with Gasteiger partial charge in [-0.2, -0.15) is 0 Å². The van der Waals surface area contributed by atoms with Gasteiger partial charge in [-0.1, -0.05) is 66.5 Å². The molecule has 0 bridgehead atoms. The highest BCUT2D eigenvalue weighted by atomic mass is 32.1. The van der Waals surface area contributed by atoms with Crippen molar-refractivity contribution in [3.63, 3.8) is 0 Å². The Morgan fingerprint density at radius 1 is 1.03 bits per heavy atom. The molecule has 1 unspecified atom stereocenters. The Balaban J connectivity index is 1.95. The fourth-order valence-corrected chi connectivity index (χ4v) is 8.64. The number of amides is 2. The Labute approximate surface area is 360 Å². The fraction of sp³-hybridized carbons (Fsp3) is 0.667. The lowest BCUT2D eigenvalue weighted by Crippen LogP contribution is -2.50. The normalized spacial score (nSPS) is 17.5. The van der Waals surface area contributed by atoms with Gasteiger partial charge in [0.2, 0.25) is 5.91 Å². The first-order chi connectivity index (χ1) is 28.5. The van der Waals surface area contributed by atoms with Crippen molar-refractivity contribution in [2.45, 2.75) is 137 Å². The number of phenolic OH excluding ortho intramolecular Hbond substituents is 1. The molecule has 15 heteroatoms. The van der Waals surface area contributed by atoms with Gasteiger partial charge in [0.1, 0.15) is 22.2 Å². The predicted molar refractivity (Wildman–Crippen MR) is 231 cm³/mol. The maximum absolute atomic E-state index is 14.9. The van der Waals surface area contributed by atoms with E-state index in [0.717, 1.165) is 42.7 Å². The summed E-state index contributed by atoms with van der Waals surface area (Å²) in [6.07, 6.45) is 4.07. The summed E-state index contributed by atoms with van der Waals surface area (Å²) in [7, 11) is 3.65. The third-order valence-corrected chi connectivity index (χ3v) is 12.5. The molecule has 0 aliphatic carbocycles. The topological polar surface area (TPSA) is 185 Å². The van der Waals surface area contributed by atoms with Crippen LogP contribution in [0.2, 0.25) is 0 Å². The molecule has 14 nitrogen and oxygen atoms in total. The molecule has 0 spiro atoms. The number of hydrogen-bond donors (Lipinski definition) is 3. The molecule has 2 heterocycles. The average Bonchev–Trinajstić information content (AvgIpc) is 3.70. The number of carbonyl (C=O) groups is 6. The van der Waals surface area contributed by atoms with Gasteiger partial charge in [0, 0.05) is 55.5 Å². The Morgan fingerprint density at radius 3 is 2.33 bits per heavy atom. The van der Waals surface area contributed by atoms with Gasteiger partial charge in [0.25, 0.3) is 5.91 Å². The van der Waals surface area contributed by atoms with Crippen LogP contribution in [-0.4, -0.2) is 107 Å². The molecule has 1 aliphatic rings. The quantitative estimate of drug-likeness (QED) is 0.0754. The Kier molecular flexibility index (Phi) is 20.8. The van der Waals surface area contributed by atoms with Crippen LogP contribution in [0.5, 0.6) is 5.75 Å². The van der Waals surface area contributed by atoms with Crippen LogP contribution in [0.1, 0.15) is 133 Å². The highest BCUT2D eigenvalue weighted by molar-refractivity contribution is 7.09. The number of aromatic nitrogens is 1. The summed E-state index contributed by atoms with van der Waals surface area (Å²) in [4.78, 5) is 88.8. The fourth-order valence-electron chi connectivity index (χ4n) is 7.80. The summed E-state index contributed by atoms with van der Waals surface area (Å²) < 4.78 is 11.6. The van der Waals surface area contributed by atoms with E-state index in [2.05, 4.69) is 20.5 Å². The molecule has 1 aromatic carbocycles. The molecule has 1 aliphatic heterocycles. The molecular weight excluding hydrogens is 787 g/mol. The van der Waals surface area contributed by atoms with E-state index in [1.165, 1.54) is 11.8 Å². The number of likely N-dealkylation sites (N-methyl/N-ethyl adjacent to an activating group) is 2. The van der Waals surface area contributed by atoms with Crippen LogP contribution in [0.3, 0.4) is 0 Å². The second-order valence-electron chi connectivity index (χ2n) is 16.7. The number of thiazole rings is 1. The number of rotatable bonds is 25. The number of nitrogens with zero attached hydrogens (tertiary/aromatic N) is 3. The van der Waals surface area contributed by atoms with E-state index in [1.54, 1.807) is 36.7 Å². The van der Waals surface area contributed by atoms with Crippen LogP contribution < -0.4 is 10.6 Å². The van der Waals surface area contributed by atoms with E-state index in [-0.39, 0.29) is 85.3 Å². The van der Waals surface area contributed by atoms with Crippen molar-refractivity contribution in [2.24, 2.45) is 23.7 Å². The lowest BCUT2D eigenvalue weighted by Gasteiger charge is -2.39. The molecule has 3 rings (SSSR count). The monoisotopic (exact) mass is 855 g/mol. The minimum Gasteiger partial charge on any atom is -0.508 e. The number of piperidine rings is 1. The Morgan fingerprint density at radius 2 is 1.73 bits per heavy atom. The number of nitrogens with one attached hydrogen (secondary N) is 2. The number of likely N-dealkylation sites (tertiary alicyclic amines) is 1. The van der Waals surface area contributed by atoms with Gasteiger partial charge < -0.3 is 30.1 Å². The highest BCUT2D eigenvalue weighted by Crippen LogP contribution is 2.34. The van der Waals surface area contributed by atoms with E-state index < -0.39 is 42.0 Å². The summed E-state index contributed by atoms with van der Waals surface area (Å²) in [6.45, 7) is 13.5. The molecular formula is C45H69N5O9S. The maximum Gasteiger partial charge on any atom is 0.307 e. The number of ketones is 2. The van der Waals surface area contributed by atoms with E-state index in [0.29, 0.717) is 30.7 Å². The molecule has 0 saturated carbocycles. The summed E-state index contributed by atoms with van der Waals surface area (Å²) in [5, 5.41) is 17.7. The Bertz CT molecular complexity index is 1720. The number of benzene rings is 1. The van der Waals surface area contributed by atoms with Gasteiger partial charge >= 0.3 is 11.9 Å². The number of aromatic hydroxyl groups is 1. The molecule has 3 N–H and O–H groups in total. The van der Waals surface area contributed by atoms with Gasteiger partial charge in [-0.05, 0) is 82.3 Å². The minimum atomic E-state index is -0.963. The third-order valence-electron chi connectivity index (χ3n) is 11.6. The smallest absolute Gasteiger partial charge is 0.307 e. The molecule has 1 aromatic heterocycles. The zero-order chi connectivity index (χ0) is 44.5. The third kappa shape index (κ3) is 15.4. The average molecular weight is 856 g/mol. The van der Waals surface area contributed by atoms with E-state index in [1.807, 2.05) is 48.6 Å². The first-order valence-electron chi connectivity index (χ1n) is 21.6. The lowest BCUT2D eigenvalue weighted by molar-refractivity contribution is -0.161. The van der Waals surface area contributed by atoms with E-state index in [9.17, 15) is 33.9 Å². The zero-order valence-electron chi connectivity index (χ0n) is 37.2. The number of hydrogen-bond acceptors (Lipinski definition) is 13. The second-order valence-corrected chi connectivity index (χ2v) is 17.6. The minimum absolute atomic E-state index is 0.00822. The van der Waals surface area contributed by atoms with Crippen LogP contribution in [0.4, 0.5) is 0 Å². The SMILES string of the molecule is CCCC(=O)OCN(C(=O)[C@@H](CC(=O)[C@H]1CCCCN1C)C(C)CC)[C@H](C[C@@H](OC(C)=O)c1nc(C(=O)N[C@@H](Cc2ccc(O)cc2)C[C@H](C)C(=O)CNC)cs1)C(C)C. The molecule has 2 aromatic rings. The van der Waals surface area contributed by atoms with Crippen LogP contribution >= 0.6 is 11.3 Å². The summed E-state index contributed by atoms with van der Waals surface area (Å²) >= 11 is 1.15. The van der Waals surface area contributed by atoms with Crippen LogP contribution in [0.15, 0.2) is 29.6 Å². The number of carbonyl (C=O) groups excluding carboxylic acids is 6. The number of esters is 2. The molecule has 7 atom stereocenters. The molecule has 60 heavy (non-hydrogen) atoms. The molecule has 1 fully saturated rings. The summed E-state index contributed by atoms with van der Waals surface area (Å²) in [5.74, 6) is -3.05. The summed E-state index contributed by atoms with van der Waals surface area (Å²) in [5.41, 5.74) is 0.961. The van der Waals surface area contributed by atoms with Gasteiger partial charge in [-0.25, -0.2) is 4.98 Å². The van der Waals surface area contributed by atoms with Crippen molar-refractivity contribution in [1.29, 1.82) is 0 Å².